The third-order valence-corrected chi connectivity index (χ3v) is 4.05. The van der Waals surface area contributed by atoms with Crippen LogP contribution < -0.4 is 5.32 Å². The second kappa shape index (κ2) is 3.80. The Morgan fingerprint density at radius 1 is 1.27 bits per heavy atom. The van der Waals surface area contributed by atoms with Gasteiger partial charge in [0.25, 0.3) is 0 Å². The molecule has 1 N–H and O–H groups in total. The van der Waals surface area contributed by atoms with Gasteiger partial charge in [-0.25, -0.2) is 0 Å². The molecule has 15 heavy (non-hydrogen) atoms. The number of aryl methyl sites for hydroxylation is 1. The first kappa shape index (κ1) is 9.68. The van der Waals surface area contributed by atoms with Gasteiger partial charge in [0.05, 0.1) is 0 Å². The quantitative estimate of drug-likeness (QED) is 0.709. The van der Waals surface area contributed by atoms with E-state index in [1.807, 2.05) is 6.07 Å². The minimum Gasteiger partial charge on any atom is -0.310 e. The van der Waals surface area contributed by atoms with Gasteiger partial charge in [-0.05, 0) is 61.4 Å². The summed E-state index contributed by atoms with van der Waals surface area (Å²) < 4.78 is 0. The van der Waals surface area contributed by atoms with Crippen molar-refractivity contribution in [2.24, 2.45) is 5.92 Å². The summed E-state index contributed by atoms with van der Waals surface area (Å²) in [5.41, 5.74) is 2.95. The number of benzene rings is 1. The van der Waals surface area contributed by atoms with Crippen molar-refractivity contribution in [3.05, 3.63) is 34.3 Å². The van der Waals surface area contributed by atoms with E-state index < -0.39 is 0 Å². The van der Waals surface area contributed by atoms with E-state index in [4.69, 9.17) is 11.6 Å². The summed E-state index contributed by atoms with van der Waals surface area (Å²) in [6.07, 6.45) is 5.28. The fourth-order valence-corrected chi connectivity index (χ4v) is 3.23. The Bertz CT molecular complexity index is 375. The van der Waals surface area contributed by atoms with E-state index in [0.29, 0.717) is 6.04 Å². The van der Waals surface area contributed by atoms with Crippen LogP contribution in [-0.2, 0) is 6.42 Å². The topological polar surface area (TPSA) is 12.0 Å². The Morgan fingerprint density at radius 2 is 2.20 bits per heavy atom. The molecular formula is C13H16ClN. The lowest BCUT2D eigenvalue weighted by atomic mass is 9.76. The number of halogens is 1. The van der Waals surface area contributed by atoms with Crippen LogP contribution in [0.3, 0.4) is 0 Å². The smallest absolute Gasteiger partial charge is 0.0409 e. The molecule has 2 atom stereocenters. The molecule has 1 aliphatic heterocycles. The molecule has 0 radical (unpaired) electrons. The molecule has 2 aliphatic rings. The SMILES string of the molecule is Clc1ccc2c(c1)C1NCCCC1CC2. The van der Waals surface area contributed by atoms with Crippen molar-refractivity contribution in [3.8, 4) is 0 Å². The Hall–Kier alpha value is -0.530. The van der Waals surface area contributed by atoms with Gasteiger partial charge in [-0.3, -0.25) is 0 Å². The van der Waals surface area contributed by atoms with E-state index in [1.54, 1.807) is 0 Å². The number of hydrogen-bond acceptors (Lipinski definition) is 1. The summed E-state index contributed by atoms with van der Waals surface area (Å²) in [5, 5.41) is 4.52. The number of fused-ring (bicyclic) bond motifs is 3. The lowest BCUT2D eigenvalue weighted by Crippen LogP contribution is -2.37. The highest BCUT2D eigenvalue weighted by molar-refractivity contribution is 6.30. The molecule has 80 valence electrons. The highest BCUT2D eigenvalue weighted by Crippen LogP contribution is 2.39. The summed E-state index contributed by atoms with van der Waals surface area (Å²) in [4.78, 5) is 0. The van der Waals surface area contributed by atoms with Crippen molar-refractivity contribution >= 4 is 11.6 Å². The number of nitrogens with one attached hydrogen (secondary N) is 1. The zero-order valence-corrected chi connectivity index (χ0v) is 9.56. The van der Waals surface area contributed by atoms with Gasteiger partial charge in [-0.2, -0.15) is 0 Å². The molecule has 0 bridgehead atoms. The van der Waals surface area contributed by atoms with Gasteiger partial charge in [0.15, 0.2) is 0 Å². The standard InChI is InChI=1S/C13H16ClN/c14-11-6-5-9-3-4-10-2-1-7-15-13(10)12(9)8-11/h5-6,8,10,13,15H,1-4,7H2. The maximum atomic E-state index is 6.08. The normalized spacial score (nSPS) is 29.4. The molecule has 3 rings (SSSR count). The van der Waals surface area contributed by atoms with Crippen LogP contribution in [-0.4, -0.2) is 6.54 Å². The predicted molar refractivity (Wildman–Crippen MR) is 63.2 cm³/mol. The maximum absolute atomic E-state index is 6.08. The van der Waals surface area contributed by atoms with E-state index in [2.05, 4.69) is 17.4 Å². The molecule has 1 fully saturated rings. The lowest BCUT2D eigenvalue weighted by Gasteiger charge is -2.38. The fourth-order valence-electron chi connectivity index (χ4n) is 3.05. The summed E-state index contributed by atoms with van der Waals surface area (Å²) in [6, 6.07) is 6.95. The van der Waals surface area contributed by atoms with Crippen LogP contribution in [0, 0.1) is 5.92 Å². The van der Waals surface area contributed by atoms with Crippen molar-refractivity contribution in [1.29, 1.82) is 0 Å². The molecule has 0 saturated carbocycles. The minimum absolute atomic E-state index is 0.571. The summed E-state index contributed by atoms with van der Waals surface area (Å²) in [7, 11) is 0. The highest BCUT2D eigenvalue weighted by Gasteiger charge is 2.31. The van der Waals surface area contributed by atoms with Crippen molar-refractivity contribution in [2.45, 2.75) is 31.7 Å². The van der Waals surface area contributed by atoms with Gasteiger partial charge in [-0.15, -0.1) is 0 Å². The average molecular weight is 222 g/mol. The molecule has 0 spiro atoms. The molecule has 1 nitrogen and oxygen atoms in total. The molecular weight excluding hydrogens is 206 g/mol. The highest BCUT2D eigenvalue weighted by atomic mass is 35.5. The Balaban J connectivity index is 2.01. The second-order valence-corrected chi connectivity index (χ2v) is 5.15. The first-order chi connectivity index (χ1) is 7.34. The Morgan fingerprint density at radius 3 is 3.13 bits per heavy atom. The van der Waals surface area contributed by atoms with E-state index in [-0.39, 0.29) is 0 Å². The average Bonchev–Trinajstić information content (AvgIpc) is 2.29. The first-order valence-corrected chi connectivity index (χ1v) is 6.24. The fraction of sp³-hybridized carbons (Fsp3) is 0.538. The van der Waals surface area contributed by atoms with Crippen LogP contribution in [0.15, 0.2) is 18.2 Å². The Labute approximate surface area is 95.8 Å². The third kappa shape index (κ3) is 1.68. The minimum atomic E-state index is 0.571. The second-order valence-electron chi connectivity index (χ2n) is 4.72. The zero-order valence-electron chi connectivity index (χ0n) is 8.80. The van der Waals surface area contributed by atoms with Gasteiger partial charge >= 0.3 is 0 Å². The number of piperidine rings is 1. The first-order valence-electron chi connectivity index (χ1n) is 5.86. The van der Waals surface area contributed by atoms with Crippen molar-refractivity contribution in [3.63, 3.8) is 0 Å². The van der Waals surface area contributed by atoms with Crippen molar-refractivity contribution in [1.82, 2.24) is 5.32 Å². The van der Waals surface area contributed by atoms with E-state index in [1.165, 1.54) is 36.8 Å². The van der Waals surface area contributed by atoms with Crippen molar-refractivity contribution < 1.29 is 0 Å². The summed E-state index contributed by atoms with van der Waals surface area (Å²) in [5.74, 6) is 0.838. The molecule has 1 heterocycles. The van der Waals surface area contributed by atoms with Crippen LogP contribution in [0.1, 0.15) is 36.4 Å². The maximum Gasteiger partial charge on any atom is 0.0409 e. The molecule has 2 unspecified atom stereocenters. The third-order valence-electron chi connectivity index (χ3n) is 3.81. The summed E-state index contributed by atoms with van der Waals surface area (Å²) in [6.45, 7) is 1.16. The molecule has 0 amide bonds. The van der Waals surface area contributed by atoms with Crippen LogP contribution in [0.4, 0.5) is 0 Å². The van der Waals surface area contributed by atoms with Crippen LogP contribution in [0.2, 0.25) is 5.02 Å². The zero-order chi connectivity index (χ0) is 10.3. The Kier molecular flexibility index (Phi) is 2.45. The predicted octanol–water partition coefficient (Wildman–Crippen LogP) is 3.33. The van der Waals surface area contributed by atoms with Gasteiger partial charge < -0.3 is 5.32 Å². The molecule has 1 aliphatic carbocycles. The molecule has 2 heteroatoms. The van der Waals surface area contributed by atoms with Crippen LogP contribution in [0.25, 0.3) is 0 Å². The van der Waals surface area contributed by atoms with E-state index in [0.717, 1.165) is 17.5 Å². The van der Waals surface area contributed by atoms with Gasteiger partial charge in [0.2, 0.25) is 0 Å². The van der Waals surface area contributed by atoms with Gasteiger partial charge in [0, 0.05) is 11.1 Å². The summed E-state index contributed by atoms with van der Waals surface area (Å²) >= 11 is 6.08. The molecule has 0 aromatic heterocycles. The van der Waals surface area contributed by atoms with Gasteiger partial charge in [0.1, 0.15) is 0 Å². The number of hydrogen-bond donors (Lipinski definition) is 1. The largest absolute Gasteiger partial charge is 0.310 e. The molecule has 1 saturated heterocycles. The molecule has 1 aromatic carbocycles. The van der Waals surface area contributed by atoms with Gasteiger partial charge in [-0.1, -0.05) is 17.7 Å². The van der Waals surface area contributed by atoms with E-state index in [9.17, 15) is 0 Å². The van der Waals surface area contributed by atoms with E-state index >= 15 is 0 Å². The number of rotatable bonds is 0. The van der Waals surface area contributed by atoms with Crippen LogP contribution in [0.5, 0.6) is 0 Å². The molecule has 1 aromatic rings. The van der Waals surface area contributed by atoms with Crippen molar-refractivity contribution in [2.75, 3.05) is 6.54 Å². The van der Waals surface area contributed by atoms with Crippen LogP contribution >= 0.6 is 11.6 Å². The monoisotopic (exact) mass is 221 g/mol. The lowest BCUT2D eigenvalue weighted by molar-refractivity contribution is 0.255.